The third-order valence-electron chi connectivity index (χ3n) is 6.12. The van der Waals surface area contributed by atoms with Crippen molar-refractivity contribution in [3.63, 3.8) is 0 Å². The second kappa shape index (κ2) is 5.65. The van der Waals surface area contributed by atoms with Crippen molar-refractivity contribution in [3.05, 3.63) is 40.9 Å². The summed E-state index contributed by atoms with van der Waals surface area (Å²) < 4.78 is 1.68. The first-order valence-corrected chi connectivity index (χ1v) is 8.50. The number of hydrogen-bond donors (Lipinski definition) is 2. The Morgan fingerprint density at radius 2 is 1.92 bits per heavy atom. The van der Waals surface area contributed by atoms with Crippen LogP contribution >= 0.6 is 0 Å². The van der Waals surface area contributed by atoms with Crippen LogP contribution in [0.1, 0.15) is 6.92 Å². The number of nitrogens with zero attached hydrogens (tertiary/aromatic N) is 3. The van der Waals surface area contributed by atoms with E-state index in [0.717, 1.165) is 18.6 Å². The van der Waals surface area contributed by atoms with Crippen molar-refractivity contribution < 1.29 is 10.2 Å². The molecule has 3 unspecified atom stereocenters. The van der Waals surface area contributed by atoms with Crippen LogP contribution in [-0.4, -0.2) is 57.0 Å². The molecule has 2 aliphatic rings. The van der Waals surface area contributed by atoms with Crippen molar-refractivity contribution in [2.45, 2.75) is 19.5 Å². The van der Waals surface area contributed by atoms with Gasteiger partial charge in [0.05, 0.1) is 30.4 Å². The van der Waals surface area contributed by atoms with E-state index < -0.39 is 0 Å². The second-order valence-corrected chi connectivity index (χ2v) is 7.28. The van der Waals surface area contributed by atoms with Crippen LogP contribution in [0.3, 0.4) is 0 Å². The van der Waals surface area contributed by atoms with Gasteiger partial charge >= 0.3 is 0 Å². The predicted octanol–water partition coefficient (Wildman–Crippen LogP) is 0.318. The van der Waals surface area contributed by atoms with Gasteiger partial charge in [-0.15, -0.1) is 0 Å². The molecule has 2 heterocycles. The summed E-state index contributed by atoms with van der Waals surface area (Å²) in [4.78, 5) is 19.3. The zero-order valence-corrected chi connectivity index (χ0v) is 13.8. The van der Waals surface area contributed by atoms with Crippen LogP contribution in [0, 0.1) is 17.3 Å². The normalized spacial score (nSPS) is 26.5. The fourth-order valence-corrected chi connectivity index (χ4v) is 4.38. The Bertz CT molecular complexity index is 801. The summed E-state index contributed by atoms with van der Waals surface area (Å²) in [6, 6.07) is 7.62. The lowest BCUT2D eigenvalue weighted by molar-refractivity contribution is 0.0777. The Balaban J connectivity index is 1.48. The quantitative estimate of drug-likeness (QED) is 0.826. The highest BCUT2D eigenvalue weighted by Crippen LogP contribution is 2.62. The number of para-hydroxylation sites is 1. The zero-order chi connectivity index (χ0) is 16.9. The molecule has 1 aromatic carbocycles. The highest BCUT2D eigenvalue weighted by atomic mass is 16.3. The molecule has 6 nitrogen and oxygen atoms in total. The van der Waals surface area contributed by atoms with E-state index in [1.807, 2.05) is 24.3 Å². The summed E-state index contributed by atoms with van der Waals surface area (Å²) in [5, 5.41) is 19.7. The van der Waals surface area contributed by atoms with Gasteiger partial charge in [-0.3, -0.25) is 14.3 Å². The summed E-state index contributed by atoms with van der Waals surface area (Å²) in [5.74, 6) is 0.753. The van der Waals surface area contributed by atoms with Crippen molar-refractivity contribution in [2.75, 3.05) is 26.3 Å². The minimum absolute atomic E-state index is 0.00290. The SMILES string of the molecule is CC(Cn1cnc2ccccc2c1=O)N1CC2C(C1)C2(CO)CO. The van der Waals surface area contributed by atoms with Crippen LogP contribution in [-0.2, 0) is 6.54 Å². The Kier molecular flexibility index (Phi) is 3.71. The molecule has 2 aromatic rings. The number of hydrogen-bond acceptors (Lipinski definition) is 5. The number of fused-ring (bicyclic) bond motifs is 2. The van der Waals surface area contributed by atoms with Gasteiger partial charge in [-0.2, -0.15) is 0 Å². The summed E-state index contributed by atoms with van der Waals surface area (Å²) in [7, 11) is 0. The Labute approximate surface area is 140 Å². The Morgan fingerprint density at radius 3 is 2.58 bits per heavy atom. The average Bonchev–Trinajstić information content (AvgIpc) is 2.97. The number of benzene rings is 1. The highest BCUT2D eigenvalue weighted by Gasteiger charge is 2.67. The number of piperidine rings is 1. The zero-order valence-electron chi connectivity index (χ0n) is 13.8. The van der Waals surface area contributed by atoms with Gasteiger partial charge < -0.3 is 10.2 Å². The third kappa shape index (κ3) is 2.21. The second-order valence-electron chi connectivity index (χ2n) is 7.28. The molecule has 2 N–H and O–H groups in total. The number of rotatable bonds is 5. The first-order valence-electron chi connectivity index (χ1n) is 8.50. The molecular formula is C18H23N3O3. The van der Waals surface area contributed by atoms with Crippen molar-refractivity contribution in [3.8, 4) is 0 Å². The predicted molar refractivity (Wildman–Crippen MR) is 90.6 cm³/mol. The van der Waals surface area contributed by atoms with Gasteiger partial charge in [0, 0.05) is 31.1 Å². The maximum absolute atomic E-state index is 12.6. The average molecular weight is 329 g/mol. The number of likely N-dealkylation sites (tertiary alicyclic amines) is 1. The molecule has 24 heavy (non-hydrogen) atoms. The first-order chi connectivity index (χ1) is 11.6. The Hall–Kier alpha value is -1.76. The third-order valence-corrected chi connectivity index (χ3v) is 6.12. The molecule has 1 aromatic heterocycles. The molecule has 1 aliphatic heterocycles. The van der Waals surface area contributed by atoms with Crippen molar-refractivity contribution in [1.29, 1.82) is 0 Å². The molecule has 0 amide bonds. The number of aliphatic hydroxyl groups is 2. The van der Waals surface area contributed by atoms with Gasteiger partial charge in [-0.25, -0.2) is 4.98 Å². The number of aromatic nitrogens is 2. The summed E-state index contributed by atoms with van der Waals surface area (Å²) in [5.41, 5.74) is 0.457. The molecule has 0 spiro atoms. The van der Waals surface area contributed by atoms with Crippen molar-refractivity contribution in [1.82, 2.24) is 14.5 Å². The lowest BCUT2D eigenvalue weighted by atomic mass is 10.0. The molecule has 0 bridgehead atoms. The van der Waals surface area contributed by atoms with Crippen molar-refractivity contribution >= 4 is 10.9 Å². The van der Waals surface area contributed by atoms with Gasteiger partial charge in [0.25, 0.3) is 5.56 Å². The Morgan fingerprint density at radius 1 is 1.25 bits per heavy atom. The minimum Gasteiger partial charge on any atom is -0.396 e. The van der Waals surface area contributed by atoms with E-state index in [-0.39, 0.29) is 30.2 Å². The summed E-state index contributed by atoms with van der Waals surface area (Å²) in [6.07, 6.45) is 1.63. The van der Waals surface area contributed by atoms with Crippen LogP contribution in [0.4, 0.5) is 0 Å². The maximum Gasteiger partial charge on any atom is 0.261 e. The van der Waals surface area contributed by atoms with Crippen molar-refractivity contribution in [2.24, 2.45) is 17.3 Å². The van der Waals surface area contributed by atoms with E-state index in [9.17, 15) is 15.0 Å². The van der Waals surface area contributed by atoms with E-state index in [1.165, 1.54) is 0 Å². The summed E-state index contributed by atoms with van der Waals surface area (Å²) in [6.45, 7) is 4.60. The van der Waals surface area contributed by atoms with Crippen LogP contribution in [0.5, 0.6) is 0 Å². The molecular weight excluding hydrogens is 306 g/mol. The lowest BCUT2D eigenvalue weighted by Gasteiger charge is -2.29. The standard InChI is InChI=1S/C18H23N3O3/c1-12(20-7-14-15(8-20)18(14,9-22)10-23)6-21-11-19-16-5-3-2-4-13(16)17(21)24/h2-5,11-12,14-15,22-23H,6-10H2,1H3. The highest BCUT2D eigenvalue weighted by molar-refractivity contribution is 5.76. The fraction of sp³-hybridized carbons (Fsp3) is 0.556. The van der Waals surface area contributed by atoms with Gasteiger partial charge in [0.15, 0.2) is 0 Å². The molecule has 2 fully saturated rings. The molecule has 4 rings (SSSR count). The van der Waals surface area contributed by atoms with Crippen LogP contribution < -0.4 is 5.56 Å². The van der Waals surface area contributed by atoms with Gasteiger partial charge in [0.1, 0.15) is 0 Å². The molecule has 1 saturated heterocycles. The topological polar surface area (TPSA) is 78.6 Å². The van der Waals surface area contributed by atoms with Crippen LogP contribution in [0.2, 0.25) is 0 Å². The van der Waals surface area contributed by atoms with Gasteiger partial charge in [-0.1, -0.05) is 12.1 Å². The van der Waals surface area contributed by atoms with Crippen LogP contribution in [0.15, 0.2) is 35.4 Å². The molecule has 1 saturated carbocycles. The molecule has 1 aliphatic carbocycles. The maximum atomic E-state index is 12.6. The molecule has 0 radical (unpaired) electrons. The first kappa shape index (κ1) is 15.7. The van der Waals surface area contributed by atoms with E-state index in [0.29, 0.717) is 23.8 Å². The van der Waals surface area contributed by atoms with E-state index in [4.69, 9.17) is 0 Å². The summed E-state index contributed by atoms with van der Waals surface area (Å²) >= 11 is 0. The van der Waals surface area contributed by atoms with Crippen LogP contribution in [0.25, 0.3) is 10.9 Å². The number of aliphatic hydroxyl groups excluding tert-OH is 2. The molecule has 128 valence electrons. The smallest absolute Gasteiger partial charge is 0.261 e. The van der Waals surface area contributed by atoms with Gasteiger partial charge in [-0.05, 0) is 30.9 Å². The van der Waals surface area contributed by atoms with E-state index >= 15 is 0 Å². The molecule has 3 atom stereocenters. The van der Waals surface area contributed by atoms with E-state index in [2.05, 4.69) is 16.8 Å². The van der Waals surface area contributed by atoms with E-state index in [1.54, 1.807) is 10.9 Å². The monoisotopic (exact) mass is 329 g/mol. The minimum atomic E-state index is -0.266. The largest absolute Gasteiger partial charge is 0.396 e. The fourth-order valence-electron chi connectivity index (χ4n) is 4.38. The molecule has 6 heteroatoms. The lowest BCUT2D eigenvalue weighted by Crippen LogP contribution is -2.41. The van der Waals surface area contributed by atoms with Gasteiger partial charge in [0.2, 0.25) is 0 Å².